The number of ether oxygens (including phenoxy) is 2. The number of aryl methyl sites for hydroxylation is 1. The fraction of sp³-hybridized carbons (Fsp3) is 0.526. The third-order valence-corrected chi connectivity index (χ3v) is 5.96. The summed E-state index contributed by atoms with van der Waals surface area (Å²) in [5, 5.41) is 33.2. The third kappa shape index (κ3) is 3.60. The van der Waals surface area contributed by atoms with Gasteiger partial charge in [-0.15, -0.1) is 0 Å². The molecule has 30 heavy (non-hydrogen) atoms. The van der Waals surface area contributed by atoms with Crippen molar-refractivity contribution in [3.63, 3.8) is 0 Å². The summed E-state index contributed by atoms with van der Waals surface area (Å²) in [6.45, 7) is 1.60. The monoisotopic (exact) mass is 437 g/mol. The number of nitrogens with one attached hydrogen (secondary N) is 1. The number of anilines is 2. The van der Waals surface area contributed by atoms with Gasteiger partial charge in [-0.2, -0.15) is 4.98 Å². The molecule has 2 aliphatic rings. The van der Waals surface area contributed by atoms with Crippen LogP contribution in [0, 0.1) is 12.8 Å². The maximum atomic E-state index is 10.4. The molecule has 0 spiro atoms. The topological polar surface area (TPSA) is 156 Å². The van der Waals surface area contributed by atoms with E-state index in [1.807, 2.05) is 13.0 Å². The molecule has 3 heterocycles. The Balaban J connectivity index is 1.66. The van der Waals surface area contributed by atoms with Crippen LogP contribution in [0.25, 0.3) is 0 Å². The summed E-state index contributed by atoms with van der Waals surface area (Å²) in [5.41, 5.74) is 7.90. The number of aromatic nitrogens is 3. The number of nitrogens with zero attached hydrogens (tertiary/aromatic N) is 3. The van der Waals surface area contributed by atoms with Crippen molar-refractivity contribution in [1.82, 2.24) is 15.0 Å². The van der Waals surface area contributed by atoms with Crippen molar-refractivity contribution in [2.45, 2.75) is 44.1 Å². The molecule has 1 unspecified atom stereocenters. The summed E-state index contributed by atoms with van der Waals surface area (Å²) in [5.74, 6) is 0.984. The minimum atomic E-state index is -1.08. The number of methoxy groups -OCH3 is 1. The number of halogens is 1. The van der Waals surface area contributed by atoms with Crippen LogP contribution in [-0.4, -0.2) is 62.2 Å². The van der Waals surface area contributed by atoms with Gasteiger partial charge in [-0.25, -0.2) is 9.97 Å². The van der Waals surface area contributed by atoms with Crippen molar-refractivity contribution in [2.75, 3.05) is 24.8 Å². The molecule has 6 N–H and O–H groups in total. The number of hydrogen-bond acceptors (Lipinski definition) is 10. The molecule has 10 nitrogen and oxygen atoms in total. The van der Waals surface area contributed by atoms with E-state index in [1.165, 1.54) is 0 Å². The van der Waals surface area contributed by atoms with Crippen LogP contribution in [0.3, 0.4) is 0 Å². The van der Waals surface area contributed by atoms with E-state index in [-0.39, 0.29) is 17.7 Å². The van der Waals surface area contributed by atoms with Crippen LogP contribution in [0.4, 0.5) is 11.8 Å². The van der Waals surface area contributed by atoms with Crippen molar-refractivity contribution in [2.24, 2.45) is 5.92 Å². The molecule has 0 saturated heterocycles. The zero-order valence-electron chi connectivity index (χ0n) is 16.5. The van der Waals surface area contributed by atoms with Crippen LogP contribution in [0.5, 0.6) is 11.6 Å². The van der Waals surface area contributed by atoms with Gasteiger partial charge in [0.2, 0.25) is 11.8 Å². The second-order valence-corrected chi connectivity index (χ2v) is 7.95. The summed E-state index contributed by atoms with van der Waals surface area (Å²) >= 11 is 6.42. The van der Waals surface area contributed by atoms with Crippen molar-refractivity contribution in [3.05, 3.63) is 28.0 Å². The molecule has 162 valence electrons. The minimum Gasteiger partial charge on any atom is -0.483 e. The van der Waals surface area contributed by atoms with Crippen LogP contribution in [-0.2, 0) is 6.42 Å². The first-order valence-corrected chi connectivity index (χ1v) is 9.97. The van der Waals surface area contributed by atoms with E-state index < -0.39 is 30.3 Å². The zero-order valence-corrected chi connectivity index (χ0v) is 17.3. The Labute approximate surface area is 178 Å². The highest BCUT2D eigenvalue weighted by molar-refractivity contribution is 6.30. The van der Waals surface area contributed by atoms with E-state index in [4.69, 9.17) is 26.8 Å². The number of pyridine rings is 1. The quantitative estimate of drug-likeness (QED) is 0.420. The lowest BCUT2D eigenvalue weighted by atomic mass is 10.0. The van der Waals surface area contributed by atoms with Gasteiger partial charge in [0, 0.05) is 30.6 Å². The predicted octanol–water partition coefficient (Wildman–Crippen LogP) is 0.615. The van der Waals surface area contributed by atoms with Gasteiger partial charge in [-0.1, -0.05) is 11.6 Å². The van der Waals surface area contributed by atoms with E-state index in [1.54, 1.807) is 7.11 Å². The largest absolute Gasteiger partial charge is 0.483 e. The Morgan fingerprint density at radius 2 is 2.07 bits per heavy atom. The number of hydrogen-bond donors (Lipinski definition) is 5. The highest BCUT2D eigenvalue weighted by Gasteiger charge is 2.42. The molecule has 1 fully saturated rings. The minimum absolute atomic E-state index is 0.0342. The standard InChI is InChI=1S/C19H24ClN5O5/c1-7-16-8(5-12(22-7)29-2)4-11(30-16)13-17(20)24-19(21)25-18(13)23-10-3-9(6-26)14(27)15(10)28/h5,9-11,14-15,26-28H,3-4,6H2,1-2H3,(H3,21,23,24,25)/t9-,10-,11?,14-,15+/m1/s1. The molecule has 0 amide bonds. The van der Waals surface area contributed by atoms with Gasteiger partial charge in [-0.3, -0.25) is 0 Å². The summed E-state index contributed by atoms with van der Waals surface area (Å²) in [6.07, 6.45) is -1.78. The number of nitrogen functional groups attached to an aromatic ring is 1. The molecular weight excluding hydrogens is 414 g/mol. The highest BCUT2D eigenvalue weighted by atomic mass is 35.5. The molecule has 4 rings (SSSR count). The van der Waals surface area contributed by atoms with E-state index in [0.29, 0.717) is 41.5 Å². The molecule has 1 aliphatic carbocycles. The second kappa shape index (κ2) is 8.03. The summed E-state index contributed by atoms with van der Waals surface area (Å²) in [7, 11) is 1.55. The average molecular weight is 438 g/mol. The first-order chi connectivity index (χ1) is 14.3. The first kappa shape index (κ1) is 20.9. The number of rotatable bonds is 5. The van der Waals surface area contributed by atoms with Gasteiger partial charge in [0.15, 0.2) is 0 Å². The van der Waals surface area contributed by atoms with Gasteiger partial charge in [0.25, 0.3) is 0 Å². The maximum absolute atomic E-state index is 10.4. The van der Waals surface area contributed by atoms with Gasteiger partial charge in [0.1, 0.15) is 28.9 Å². The number of aliphatic hydroxyl groups excluding tert-OH is 3. The fourth-order valence-corrected chi connectivity index (χ4v) is 4.43. The number of aliphatic hydroxyl groups is 3. The predicted molar refractivity (Wildman–Crippen MR) is 109 cm³/mol. The van der Waals surface area contributed by atoms with Crippen LogP contribution in [0.2, 0.25) is 5.15 Å². The second-order valence-electron chi connectivity index (χ2n) is 7.59. The summed E-state index contributed by atoms with van der Waals surface area (Å²) in [6, 6.07) is 1.26. The SMILES string of the molecule is COc1cc2c(c(C)n1)OC(c1c(Cl)nc(N)nc1N[C@@H]1C[C@H](CO)[C@@H](O)[C@H]1O)C2. The molecule has 0 bridgehead atoms. The third-order valence-electron chi connectivity index (χ3n) is 5.67. The Morgan fingerprint density at radius 3 is 2.73 bits per heavy atom. The van der Waals surface area contributed by atoms with E-state index in [0.717, 1.165) is 5.56 Å². The maximum Gasteiger partial charge on any atom is 0.223 e. The Morgan fingerprint density at radius 1 is 1.30 bits per heavy atom. The molecule has 5 atom stereocenters. The summed E-state index contributed by atoms with van der Waals surface area (Å²) < 4.78 is 11.4. The van der Waals surface area contributed by atoms with Gasteiger partial charge < -0.3 is 35.8 Å². The Kier molecular flexibility index (Phi) is 5.58. The fourth-order valence-electron chi connectivity index (χ4n) is 4.14. The molecule has 1 aliphatic heterocycles. The molecule has 2 aromatic rings. The average Bonchev–Trinajstić information content (AvgIpc) is 3.24. The van der Waals surface area contributed by atoms with Gasteiger partial charge in [0.05, 0.1) is 30.5 Å². The van der Waals surface area contributed by atoms with Gasteiger partial charge in [-0.05, 0) is 13.3 Å². The van der Waals surface area contributed by atoms with E-state index in [9.17, 15) is 15.3 Å². The highest BCUT2D eigenvalue weighted by Crippen LogP contribution is 2.44. The molecule has 1 saturated carbocycles. The van der Waals surface area contributed by atoms with Crippen LogP contribution >= 0.6 is 11.6 Å². The van der Waals surface area contributed by atoms with Gasteiger partial charge >= 0.3 is 0 Å². The van der Waals surface area contributed by atoms with Crippen molar-refractivity contribution in [3.8, 4) is 11.6 Å². The van der Waals surface area contributed by atoms with Crippen molar-refractivity contribution < 1.29 is 24.8 Å². The lowest BCUT2D eigenvalue weighted by Gasteiger charge is -2.23. The van der Waals surface area contributed by atoms with Crippen LogP contribution in [0.15, 0.2) is 6.07 Å². The van der Waals surface area contributed by atoms with E-state index in [2.05, 4.69) is 20.3 Å². The molecule has 11 heteroatoms. The van der Waals surface area contributed by atoms with Crippen LogP contribution in [0.1, 0.15) is 29.3 Å². The number of nitrogens with two attached hydrogens (primary N) is 1. The lowest BCUT2D eigenvalue weighted by molar-refractivity contribution is 0.00444. The Bertz CT molecular complexity index is 961. The molecular formula is C19H24ClN5O5. The number of fused-ring (bicyclic) bond motifs is 1. The smallest absolute Gasteiger partial charge is 0.223 e. The first-order valence-electron chi connectivity index (χ1n) is 9.60. The molecule has 2 aromatic heterocycles. The molecule has 0 radical (unpaired) electrons. The lowest BCUT2D eigenvalue weighted by Crippen LogP contribution is -2.36. The van der Waals surface area contributed by atoms with Crippen molar-refractivity contribution >= 4 is 23.4 Å². The molecule has 0 aromatic carbocycles. The van der Waals surface area contributed by atoms with Crippen LogP contribution < -0.4 is 20.5 Å². The van der Waals surface area contributed by atoms with E-state index >= 15 is 0 Å². The zero-order chi connectivity index (χ0) is 21.6. The Hall–Kier alpha value is -2.40. The van der Waals surface area contributed by atoms with Crippen molar-refractivity contribution in [1.29, 1.82) is 0 Å². The normalized spacial score (nSPS) is 27.6. The summed E-state index contributed by atoms with van der Waals surface area (Å²) in [4.78, 5) is 12.7.